The fraction of sp³-hybridized carbons (Fsp3) is 0.417. The maximum Gasteiger partial charge on any atom is 0.198 e. The number of rotatable bonds is 3. The maximum absolute atomic E-state index is 8.12. The highest BCUT2D eigenvalue weighted by molar-refractivity contribution is 6.39. The minimum Gasteiger partial charge on any atom is -0.343 e. The second-order valence-electron chi connectivity index (χ2n) is 3.63. The normalized spacial score (nSPS) is 10.2. The molecule has 3 nitrogen and oxygen atoms in total. The van der Waals surface area contributed by atoms with E-state index in [2.05, 4.69) is 0 Å². The number of para-hydroxylation sites is 1. The summed E-state index contributed by atoms with van der Waals surface area (Å²) in [5, 5.41) is 9.22. The number of benzene rings is 1. The van der Waals surface area contributed by atoms with E-state index in [9.17, 15) is 0 Å². The Morgan fingerprint density at radius 3 is 2.06 bits per heavy atom. The molecule has 0 aliphatic rings. The monoisotopic (exact) mass is 273 g/mol. The molecule has 17 heavy (non-hydrogen) atoms. The molecule has 0 aliphatic heterocycles. The van der Waals surface area contributed by atoms with E-state index in [1.807, 2.05) is 18.7 Å². The molecule has 0 aliphatic carbocycles. The van der Waals surface area contributed by atoms with Gasteiger partial charge in [-0.25, -0.2) is 0 Å². The van der Waals surface area contributed by atoms with Crippen LogP contribution in [0.4, 0.5) is 5.69 Å². The van der Waals surface area contributed by atoms with E-state index in [1.54, 1.807) is 30.1 Å². The van der Waals surface area contributed by atoms with Crippen LogP contribution < -0.4 is 4.90 Å². The highest BCUT2D eigenvalue weighted by Gasteiger charge is 2.17. The van der Waals surface area contributed by atoms with Crippen molar-refractivity contribution in [3.05, 3.63) is 28.2 Å². The molecule has 0 heterocycles. The van der Waals surface area contributed by atoms with Gasteiger partial charge in [0.05, 0.1) is 15.7 Å². The number of guanidine groups is 1. The first-order chi connectivity index (χ1) is 8.02. The standard InChI is InChI=1S/C12H17Cl2N3/c1-4-17(5-2)12(15)16(3)11-9(13)7-6-8-10(11)14/h6-8,15H,4-5H2,1-3H3. The summed E-state index contributed by atoms with van der Waals surface area (Å²) < 4.78 is 0. The SMILES string of the molecule is CCN(CC)C(=N)N(C)c1c(Cl)cccc1Cl. The number of halogens is 2. The van der Waals surface area contributed by atoms with Crippen LogP contribution in [-0.2, 0) is 0 Å². The Kier molecular flexibility index (Phi) is 5.09. The predicted molar refractivity (Wildman–Crippen MR) is 75.5 cm³/mol. The minimum absolute atomic E-state index is 0.394. The van der Waals surface area contributed by atoms with Crippen LogP contribution in [0, 0.1) is 5.41 Å². The van der Waals surface area contributed by atoms with Crippen molar-refractivity contribution in [2.75, 3.05) is 25.0 Å². The molecule has 1 rings (SSSR count). The van der Waals surface area contributed by atoms with Gasteiger partial charge in [0.1, 0.15) is 0 Å². The molecule has 1 N–H and O–H groups in total. The smallest absolute Gasteiger partial charge is 0.198 e. The van der Waals surface area contributed by atoms with Crippen LogP contribution in [0.3, 0.4) is 0 Å². The number of anilines is 1. The van der Waals surface area contributed by atoms with Crippen molar-refractivity contribution in [2.45, 2.75) is 13.8 Å². The summed E-state index contributed by atoms with van der Waals surface area (Å²) in [7, 11) is 1.80. The van der Waals surface area contributed by atoms with Gasteiger partial charge in [-0.3, -0.25) is 5.41 Å². The van der Waals surface area contributed by atoms with Gasteiger partial charge in [0.15, 0.2) is 5.96 Å². The largest absolute Gasteiger partial charge is 0.343 e. The third kappa shape index (κ3) is 3.05. The first-order valence-electron chi connectivity index (χ1n) is 5.54. The third-order valence-electron chi connectivity index (χ3n) is 2.65. The molecule has 0 saturated carbocycles. The molecule has 0 amide bonds. The van der Waals surface area contributed by atoms with Gasteiger partial charge in [0.25, 0.3) is 0 Å². The summed E-state index contributed by atoms with van der Waals surface area (Å²) >= 11 is 12.2. The van der Waals surface area contributed by atoms with Gasteiger partial charge < -0.3 is 9.80 Å². The number of hydrogen-bond acceptors (Lipinski definition) is 1. The zero-order valence-corrected chi connectivity index (χ0v) is 11.8. The van der Waals surface area contributed by atoms with Gasteiger partial charge in [-0.15, -0.1) is 0 Å². The molecular weight excluding hydrogens is 257 g/mol. The lowest BCUT2D eigenvalue weighted by molar-refractivity contribution is 0.454. The van der Waals surface area contributed by atoms with E-state index >= 15 is 0 Å². The van der Waals surface area contributed by atoms with Gasteiger partial charge in [-0.1, -0.05) is 29.3 Å². The molecule has 0 bridgehead atoms. The third-order valence-corrected chi connectivity index (χ3v) is 3.26. The molecule has 0 aromatic heterocycles. The Morgan fingerprint density at radius 2 is 1.65 bits per heavy atom. The lowest BCUT2D eigenvalue weighted by Gasteiger charge is -2.30. The van der Waals surface area contributed by atoms with Gasteiger partial charge >= 0.3 is 0 Å². The van der Waals surface area contributed by atoms with Crippen LogP contribution >= 0.6 is 23.2 Å². The fourth-order valence-electron chi connectivity index (χ4n) is 1.65. The molecular formula is C12H17Cl2N3. The van der Waals surface area contributed by atoms with Crippen molar-refractivity contribution in [2.24, 2.45) is 0 Å². The molecule has 0 unspecified atom stereocenters. The number of nitrogens with one attached hydrogen (secondary N) is 1. The average molecular weight is 274 g/mol. The summed E-state index contributed by atoms with van der Waals surface area (Å²) in [6, 6.07) is 5.34. The van der Waals surface area contributed by atoms with Crippen molar-refractivity contribution in [3.63, 3.8) is 0 Å². The average Bonchev–Trinajstić information content (AvgIpc) is 2.30. The lowest BCUT2D eigenvalue weighted by Crippen LogP contribution is -2.41. The summed E-state index contributed by atoms with van der Waals surface area (Å²) in [6.45, 7) is 5.59. The first kappa shape index (κ1) is 14.1. The Bertz CT molecular complexity index is 382. The van der Waals surface area contributed by atoms with E-state index < -0.39 is 0 Å². The van der Waals surface area contributed by atoms with Gasteiger partial charge in [0, 0.05) is 20.1 Å². The molecule has 1 aromatic carbocycles. The number of hydrogen-bond donors (Lipinski definition) is 1. The van der Waals surface area contributed by atoms with E-state index in [0.717, 1.165) is 13.1 Å². The number of nitrogens with zero attached hydrogens (tertiary/aromatic N) is 2. The second-order valence-corrected chi connectivity index (χ2v) is 4.44. The highest BCUT2D eigenvalue weighted by Crippen LogP contribution is 2.32. The maximum atomic E-state index is 8.12. The van der Waals surface area contributed by atoms with Crippen LogP contribution in [-0.4, -0.2) is 31.0 Å². The Labute approximate surface area is 112 Å². The molecule has 0 fully saturated rings. The lowest BCUT2D eigenvalue weighted by atomic mass is 10.3. The van der Waals surface area contributed by atoms with Gasteiger partial charge in [0.2, 0.25) is 0 Å². The van der Waals surface area contributed by atoms with Crippen LogP contribution in [0.5, 0.6) is 0 Å². The fourth-order valence-corrected chi connectivity index (χ4v) is 2.30. The molecule has 1 aromatic rings. The molecule has 0 radical (unpaired) electrons. The topological polar surface area (TPSA) is 30.3 Å². The first-order valence-corrected chi connectivity index (χ1v) is 6.29. The Balaban J connectivity index is 3.04. The van der Waals surface area contributed by atoms with Crippen LogP contribution in [0.1, 0.15) is 13.8 Å². The van der Waals surface area contributed by atoms with E-state index in [-0.39, 0.29) is 0 Å². The zero-order chi connectivity index (χ0) is 13.0. The second kappa shape index (κ2) is 6.12. The summed E-state index contributed by atoms with van der Waals surface area (Å²) in [4.78, 5) is 3.64. The quantitative estimate of drug-likeness (QED) is 0.672. The summed E-state index contributed by atoms with van der Waals surface area (Å²) in [5.41, 5.74) is 0.674. The Morgan fingerprint density at radius 1 is 1.18 bits per heavy atom. The van der Waals surface area contributed by atoms with Crippen molar-refractivity contribution in [3.8, 4) is 0 Å². The van der Waals surface area contributed by atoms with Crippen molar-refractivity contribution >= 4 is 34.8 Å². The molecule has 0 saturated heterocycles. The molecule has 5 heteroatoms. The van der Waals surface area contributed by atoms with Gasteiger partial charge in [-0.2, -0.15) is 0 Å². The molecule has 94 valence electrons. The van der Waals surface area contributed by atoms with Crippen LogP contribution in [0.25, 0.3) is 0 Å². The summed E-state index contributed by atoms with van der Waals surface area (Å²) in [6.07, 6.45) is 0. The van der Waals surface area contributed by atoms with E-state index in [4.69, 9.17) is 28.6 Å². The van der Waals surface area contributed by atoms with Crippen molar-refractivity contribution in [1.29, 1.82) is 5.41 Å². The predicted octanol–water partition coefficient (Wildman–Crippen LogP) is 3.71. The van der Waals surface area contributed by atoms with Crippen molar-refractivity contribution in [1.82, 2.24) is 4.90 Å². The Hall–Kier alpha value is -0.930. The van der Waals surface area contributed by atoms with Crippen LogP contribution in [0.15, 0.2) is 18.2 Å². The van der Waals surface area contributed by atoms with Crippen LogP contribution in [0.2, 0.25) is 10.0 Å². The van der Waals surface area contributed by atoms with E-state index in [0.29, 0.717) is 21.7 Å². The van der Waals surface area contributed by atoms with Gasteiger partial charge in [-0.05, 0) is 26.0 Å². The highest BCUT2D eigenvalue weighted by atomic mass is 35.5. The molecule has 0 spiro atoms. The summed E-state index contributed by atoms with van der Waals surface area (Å²) in [5.74, 6) is 0.394. The van der Waals surface area contributed by atoms with Crippen molar-refractivity contribution < 1.29 is 0 Å². The van der Waals surface area contributed by atoms with E-state index in [1.165, 1.54) is 0 Å². The minimum atomic E-state index is 0.394. The molecule has 0 atom stereocenters. The zero-order valence-electron chi connectivity index (χ0n) is 10.3.